The predicted molar refractivity (Wildman–Crippen MR) is 88.2 cm³/mol. The lowest BCUT2D eigenvalue weighted by Gasteiger charge is -2.27. The molecule has 0 radical (unpaired) electrons. The summed E-state index contributed by atoms with van der Waals surface area (Å²) in [6.07, 6.45) is 6.77. The molecule has 1 aromatic rings. The molecular weight excluding hydrogens is 264 g/mol. The van der Waals surface area contributed by atoms with E-state index >= 15 is 0 Å². The zero-order valence-electron chi connectivity index (χ0n) is 13.8. The molecule has 0 bridgehead atoms. The summed E-state index contributed by atoms with van der Waals surface area (Å²) in [4.78, 5) is 17.6. The Bertz CT molecular complexity index is 442. The average molecular weight is 292 g/mol. The van der Waals surface area contributed by atoms with Crippen LogP contribution in [0.4, 0.5) is 17.8 Å². The summed E-state index contributed by atoms with van der Waals surface area (Å²) < 4.78 is 0. The Balaban J connectivity index is 2.12. The molecule has 0 aliphatic heterocycles. The minimum absolute atomic E-state index is 0.654. The van der Waals surface area contributed by atoms with Gasteiger partial charge in [0.05, 0.1) is 0 Å². The van der Waals surface area contributed by atoms with Crippen LogP contribution in [0.2, 0.25) is 0 Å². The summed E-state index contributed by atoms with van der Waals surface area (Å²) in [5.41, 5.74) is 0. The second-order valence-electron chi connectivity index (χ2n) is 6.07. The van der Waals surface area contributed by atoms with Crippen LogP contribution in [-0.4, -0.2) is 49.2 Å². The Morgan fingerprint density at radius 1 is 1.00 bits per heavy atom. The fraction of sp³-hybridized carbons (Fsp3) is 0.800. The molecule has 0 unspecified atom stereocenters. The van der Waals surface area contributed by atoms with Gasteiger partial charge in [0.15, 0.2) is 0 Å². The summed E-state index contributed by atoms with van der Waals surface area (Å²) in [6.45, 7) is 3.88. The van der Waals surface area contributed by atoms with Crippen molar-refractivity contribution in [3.05, 3.63) is 0 Å². The van der Waals surface area contributed by atoms with E-state index in [1.165, 1.54) is 32.1 Å². The van der Waals surface area contributed by atoms with E-state index in [0.717, 1.165) is 25.0 Å². The molecule has 0 spiro atoms. The number of nitrogens with zero attached hydrogens (tertiary/aromatic N) is 5. The second kappa shape index (κ2) is 7.43. The van der Waals surface area contributed by atoms with Gasteiger partial charge in [-0.25, -0.2) is 0 Å². The third-order valence-electron chi connectivity index (χ3n) is 3.94. The number of anilines is 3. The molecule has 1 aliphatic rings. The maximum atomic E-state index is 4.57. The Morgan fingerprint density at radius 2 is 1.67 bits per heavy atom. The molecule has 1 aromatic heterocycles. The van der Waals surface area contributed by atoms with Crippen molar-refractivity contribution in [2.45, 2.75) is 39.0 Å². The van der Waals surface area contributed by atoms with Gasteiger partial charge < -0.3 is 15.1 Å². The molecule has 1 fully saturated rings. The van der Waals surface area contributed by atoms with Crippen molar-refractivity contribution >= 4 is 17.8 Å². The van der Waals surface area contributed by atoms with Crippen LogP contribution in [0.5, 0.6) is 0 Å². The zero-order chi connectivity index (χ0) is 15.2. The van der Waals surface area contributed by atoms with Gasteiger partial charge in [0, 0.05) is 34.2 Å². The number of aromatic nitrogens is 3. The minimum atomic E-state index is 0.654. The van der Waals surface area contributed by atoms with Gasteiger partial charge in [-0.05, 0) is 25.7 Å². The second-order valence-corrected chi connectivity index (χ2v) is 6.07. The summed E-state index contributed by atoms with van der Waals surface area (Å²) in [5, 5.41) is 3.19. The van der Waals surface area contributed by atoms with Crippen LogP contribution in [0, 0.1) is 5.92 Å². The van der Waals surface area contributed by atoms with Crippen molar-refractivity contribution < 1.29 is 0 Å². The molecule has 6 nitrogen and oxygen atoms in total. The Hall–Kier alpha value is -1.59. The number of hydrogen-bond acceptors (Lipinski definition) is 6. The molecule has 1 N–H and O–H groups in total. The standard InChI is InChI=1S/C15H28N6/c1-5-16-13-17-14(20(2)3)19-15(18-13)21(4)11-12-9-7-6-8-10-12/h12H,5-11H2,1-4H3,(H,16,17,18,19). The highest BCUT2D eigenvalue weighted by molar-refractivity contribution is 5.44. The lowest BCUT2D eigenvalue weighted by Crippen LogP contribution is -2.29. The molecule has 1 aliphatic carbocycles. The van der Waals surface area contributed by atoms with Gasteiger partial charge in [0.2, 0.25) is 17.8 Å². The number of hydrogen-bond donors (Lipinski definition) is 1. The highest BCUT2D eigenvalue weighted by atomic mass is 15.3. The highest BCUT2D eigenvalue weighted by Gasteiger charge is 2.18. The first-order valence-electron chi connectivity index (χ1n) is 7.98. The van der Waals surface area contributed by atoms with E-state index in [4.69, 9.17) is 0 Å². The number of nitrogens with one attached hydrogen (secondary N) is 1. The molecule has 1 saturated carbocycles. The lowest BCUT2D eigenvalue weighted by atomic mass is 9.89. The number of rotatable bonds is 6. The first kappa shape index (κ1) is 15.8. The summed E-state index contributed by atoms with van der Waals surface area (Å²) in [7, 11) is 5.99. The molecule has 1 heterocycles. The minimum Gasteiger partial charge on any atom is -0.354 e. The Morgan fingerprint density at radius 3 is 2.29 bits per heavy atom. The van der Waals surface area contributed by atoms with Gasteiger partial charge in [0.25, 0.3) is 0 Å². The van der Waals surface area contributed by atoms with E-state index in [0.29, 0.717) is 11.9 Å². The SMILES string of the molecule is CCNc1nc(N(C)C)nc(N(C)CC2CCCCC2)n1. The molecule has 6 heteroatoms. The molecule has 0 saturated heterocycles. The van der Waals surface area contributed by atoms with Gasteiger partial charge in [0.1, 0.15) is 0 Å². The molecule has 0 atom stereocenters. The molecular formula is C15H28N6. The van der Waals surface area contributed by atoms with Crippen molar-refractivity contribution in [2.75, 3.05) is 49.3 Å². The van der Waals surface area contributed by atoms with E-state index in [9.17, 15) is 0 Å². The van der Waals surface area contributed by atoms with Gasteiger partial charge in [-0.1, -0.05) is 19.3 Å². The van der Waals surface area contributed by atoms with Gasteiger partial charge in [-0.2, -0.15) is 15.0 Å². The van der Waals surface area contributed by atoms with Gasteiger partial charge in [-0.15, -0.1) is 0 Å². The fourth-order valence-corrected chi connectivity index (χ4v) is 2.80. The topological polar surface area (TPSA) is 57.2 Å². The average Bonchev–Trinajstić information content (AvgIpc) is 2.48. The fourth-order valence-electron chi connectivity index (χ4n) is 2.80. The van der Waals surface area contributed by atoms with E-state index in [1.54, 1.807) is 0 Å². The van der Waals surface area contributed by atoms with E-state index in [-0.39, 0.29) is 0 Å². The third kappa shape index (κ3) is 4.44. The highest BCUT2D eigenvalue weighted by Crippen LogP contribution is 2.25. The van der Waals surface area contributed by atoms with E-state index < -0.39 is 0 Å². The van der Waals surface area contributed by atoms with Crippen molar-refractivity contribution in [3.8, 4) is 0 Å². The molecule has 0 amide bonds. The maximum absolute atomic E-state index is 4.57. The van der Waals surface area contributed by atoms with Crippen LogP contribution >= 0.6 is 0 Å². The molecule has 21 heavy (non-hydrogen) atoms. The smallest absolute Gasteiger partial charge is 0.231 e. The summed E-state index contributed by atoms with van der Waals surface area (Å²) in [5.74, 6) is 2.88. The van der Waals surface area contributed by atoms with E-state index in [1.807, 2.05) is 25.9 Å². The van der Waals surface area contributed by atoms with Crippen LogP contribution in [0.1, 0.15) is 39.0 Å². The van der Waals surface area contributed by atoms with Gasteiger partial charge in [-0.3, -0.25) is 0 Å². The van der Waals surface area contributed by atoms with Crippen molar-refractivity contribution in [1.82, 2.24) is 15.0 Å². The Kier molecular flexibility index (Phi) is 5.59. The van der Waals surface area contributed by atoms with Crippen molar-refractivity contribution in [3.63, 3.8) is 0 Å². The molecule has 2 rings (SSSR count). The van der Waals surface area contributed by atoms with Crippen LogP contribution in [-0.2, 0) is 0 Å². The first-order chi connectivity index (χ1) is 10.1. The van der Waals surface area contributed by atoms with Crippen molar-refractivity contribution in [1.29, 1.82) is 0 Å². The molecule has 118 valence electrons. The predicted octanol–water partition coefficient (Wildman–Crippen LogP) is 2.39. The first-order valence-corrected chi connectivity index (χ1v) is 7.98. The quantitative estimate of drug-likeness (QED) is 0.869. The van der Waals surface area contributed by atoms with Crippen molar-refractivity contribution in [2.24, 2.45) is 5.92 Å². The van der Waals surface area contributed by atoms with Crippen LogP contribution in [0.25, 0.3) is 0 Å². The molecule has 0 aromatic carbocycles. The Labute approximate surface area is 128 Å². The normalized spacial score (nSPS) is 15.8. The summed E-state index contributed by atoms with van der Waals surface area (Å²) >= 11 is 0. The van der Waals surface area contributed by atoms with Crippen LogP contribution in [0.15, 0.2) is 0 Å². The van der Waals surface area contributed by atoms with Crippen LogP contribution in [0.3, 0.4) is 0 Å². The summed E-state index contributed by atoms with van der Waals surface area (Å²) in [6, 6.07) is 0. The zero-order valence-corrected chi connectivity index (χ0v) is 13.8. The third-order valence-corrected chi connectivity index (χ3v) is 3.94. The monoisotopic (exact) mass is 292 g/mol. The lowest BCUT2D eigenvalue weighted by molar-refractivity contribution is 0.361. The van der Waals surface area contributed by atoms with E-state index in [2.05, 4.69) is 32.2 Å². The maximum Gasteiger partial charge on any atom is 0.231 e. The largest absolute Gasteiger partial charge is 0.354 e. The van der Waals surface area contributed by atoms with Crippen LogP contribution < -0.4 is 15.1 Å². The van der Waals surface area contributed by atoms with Gasteiger partial charge >= 0.3 is 0 Å².